The fourth-order valence-corrected chi connectivity index (χ4v) is 1.46. The maximum atomic E-state index is 5.56. The Morgan fingerprint density at radius 1 is 1.30 bits per heavy atom. The number of nitrogen functional groups attached to an aromatic ring is 1. The molecule has 58 valence electrons. The predicted molar refractivity (Wildman–Crippen MR) is 49.6 cm³/mol. The summed E-state index contributed by atoms with van der Waals surface area (Å²) in [5, 5.41) is 0.947. The molecule has 2 heteroatoms. The highest BCUT2D eigenvalue weighted by Gasteiger charge is 1.94. The van der Waals surface area contributed by atoms with E-state index in [0.717, 1.165) is 5.00 Å². The van der Waals surface area contributed by atoms with Crippen LogP contribution in [0.2, 0.25) is 0 Å². The van der Waals surface area contributed by atoms with Crippen molar-refractivity contribution >= 4 is 16.3 Å². The second-order valence-electron chi connectivity index (χ2n) is 1.90. The lowest BCUT2D eigenvalue weighted by Gasteiger charge is -1.80. The fraction of sp³-hybridized carbons (Fsp3) is 0.500. The summed E-state index contributed by atoms with van der Waals surface area (Å²) in [4.78, 5) is 1.29. The standard InChI is InChI=1S/C6H9NS.C2H6/c1-4-3-5(2)8-6(4)7;1-2/h3H,7H2,1-2H3;1-2H3. The third kappa shape index (κ3) is 2.40. The zero-order chi connectivity index (χ0) is 8.15. The van der Waals surface area contributed by atoms with Crippen molar-refractivity contribution in [1.29, 1.82) is 0 Å². The third-order valence-electron chi connectivity index (χ3n) is 1.08. The highest BCUT2D eigenvalue weighted by molar-refractivity contribution is 7.16. The van der Waals surface area contributed by atoms with Crippen molar-refractivity contribution in [2.24, 2.45) is 0 Å². The van der Waals surface area contributed by atoms with Gasteiger partial charge in [-0.05, 0) is 25.5 Å². The molecule has 0 aliphatic heterocycles. The minimum Gasteiger partial charge on any atom is -0.390 e. The Labute approximate surface area is 66.9 Å². The van der Waals surface area contributed by atoms with Crippen LogP contribution in [0.15, 0.2) is 6.07 Å². The Balaban J connectivity index is 0.000000371. The van der Waals surface area contributed by atoms with Gasteiger partial charge in [-0.15, -0.1) is 11.3 Å². The summed E-state index contributed by atoms with van der Waals surface area (Å²) < 4.78 is 0. The van der Waals surface area contributed by atoms with E-state index in [1.54, 1.807) is 11.3 Å². The molecule has 0 aliphatic rings. The van der Waals surface area contributed by atoms with Crippen molar-refractivity contribution in [3.05, 3.63) is 16.5 Å². The number of thiophene rings is 1. The molecule has 0 atom stereocenters. The Morgan fingerprint density at radius 3 is 1.90 bits per heavy atom. The Bertz CT molecular complexity index is 172. The molecule has 0 saturated heterocycles. The number of rotatable bonds is 0. The molecule has 0 unspecified atom stereocenters. The van der Waals surface area contributed by atoms with Gasteiger partial charge in [-0.1, -0.05) is 13.8 Å². The van der Waals surface area contributed by atoms with Crippen LogP contribution >= 0.6 is 11.3 Å². The molecule has 2 N–H and O–H groups in total. The second kappa shape index (κ2) is 4.34. The summed E-state index contributed by atoms with van der Waals surface area (Å²) in [5.74, 6) is 0. The fourth-order valence-electron chi connectivity index (χ4n) is 0.659. The van der Waals surface area contributed by atoms with Crippen molar-refractivity contribution in [3.8, 4) is 0 Å². The molecule has 1 heterocycles. The van der Waals surface area contributed by atoms with Crippen molar-refractivity contribution in [3.63, 3.8) is 0 Å². The van der Waals surface area contributed by atoms with E-state index < -0.39 is 0 Å². The van der Waals surface area contributed by atoms with Crippen molar-refractivity contribution in [2.75, 3.05) is 5.73 Å². The number of hydrogen-bond donors (Lipinski definition) is 1. The maximum absolute atomic E-state index is 5.56. The third-order valence-corrected chi connectivity index (χ3v) is 2.06. The summed E-state index contributed by atoms with van der Waals surface area (Å²) in [6.07, 6.45) is 0. The van der Waals surface area contributed by atoms with E-state index >= 15 is 0 Å². The molecule has 0 saturated carbocycles. The monoisotopic (exact) mass is 157 g/mol. The molecule has 1 rings (SSSR count). The zero-order valence-corrected chi connectivity index (χ0v) is 7.88. The van der Waals surface area contributed by atoms with Gasteiger partial charge >= 0.3 is 0 Å². The lowest BCUT2D eigenvalue weighted by Crippen LogP contribution is -1.78. The molecular formula is C8H15NS. The van der Waals surface area contributed by atoms with Crippen LogP contribution in [0.25, 0.3) is 0 Å². The molecule has 1 aromatic rings. The highest BCUT2D eigenvalue weighted by atomic mass is 32.1. The molecule has 0 aliphatic carbocycles. The number of hydrogen-bond acceptors (Lipinski definition) is 2. The zero-order valence-electron chi connectivity index (χ0n) is 7.06. The molecule has 10 heavy (non-hydrogen) atoms. The molecule has 0 fully saturated rings. The first-order valence-electron chi connectivity index (χ1n) is 3.52. The highest BCUT2D eigenvalue weighted by Crippen LogP contribution is 2.22. The van der Waals surface area contributed by atoms with Crippen LogP contribution in [0.1, 0.15) is 24.3 Å². The topological polar surface area (TPSA) is 26.0 Å². The molecule has 1 aromatic heterocycles. The Kier molecular flexibility index (Phi) is 4.12. The lowest BCUT2D eigenvalue weighted by molar-refractivity contribution is 1.50. The van der Waals surface area contributed by atoms with Crippen LogP contribution in [0.5, 0.6) is 0 Å². The number of aryl methyl sites for hydroxylation is 2. The minimum absolute atomic E-state index is 0.947. The first-order valence-corrected chi connectivity index (χ1v) is 4.34. The van der Waals surface area contributed by atoms with Gasteiger partial charge in [0.25, 0.3) is 0 Å². The van der Waals surface area contributed by atoms with Crippen molar-refractivity contribution in [1.82, 2.24) is 0 Å². The summed E-state index contributed by atoms with van der Waals surface area (Å²) in [6.45, 7) is 8.09. The molecule has 0 amide bonds. The van der Waals surface area contributed by atoms with E-state index in [9.17, 15) is 0 Å². The van der Waals surface area contributed by atoms with E-state index in [2.05, 4.69) is 13.0 Å². The van der Waals surface area contributed by atoms with Gasteiger partial charge in [-0.3, -0.25) is 0 Å². The molecule has 0 aromatic carbocycles. The summed E-state index contributed by atoms with van der Waals surface area (Å²) in [6, 6.07) is 2.10. The number of nitrogens with two attached hydrogens (primary N) is 1. The van der Waals surface area contributed by atoms with Crippen LogP contribution in [-0.4, -0.2) is 0 Å². The van der Waals surface area contributed by atoms with Gasteiger partial charge in [0.05, 0.1) is 5.00 Å². The van der Waals surface area contributed by atoms with Gasteiger partial charge in [0.15, 0.2) is 0 Å². The number of anilines is 1. The lowest BCUT2D eigenvalue weighted by atomic mass is 10.3. The van der Waals surface area contributed by atoms with Gasteiger partial charge < -0.3 is 5.73 Å². The average Bonchev–Trinajstić information content (AvgIpc) is 2.16. The normalized spacial score (nSPS) is 8.40. The van der Waals surface area contributed by atoms with Gasteiger partial charge in [-0.2, -0.15) is 0 Å². The van der Waals surface area contributed by atoms with Gasteiger partial charge in [0, 0.05) is 4.88 Å². The van der Waals surface area contributed by atoms with Crippen molar-refractivity contribution in [2.45, 2.75) is 27.7 Å². The first-order chi connectivity index (χ1) is 4.70. The summed E-state index contributed by atoms with van der Waals surface area (Å²) in [5.41, 5.74) is 6.76. The molecule has 0 radical (unpaired) electrons. The molecular weight excluding hydrogens is 142 g/mol. The quantitative estimate of drug-likeness (QED) is 0.615. The molecule has 0 spiro atoms. The largest absolute Gasteiger partial charge is 0.390 e. The van der Waals surface area contributed by atoms with Crippen LogP contribution in [-0.2, 0) is 0 Å². The smallest absolute Gasteiger partial charge is 0.0888 e. The Morgan fingerprint density at radius 2 is 1.80 bits per heavy atom. The average molecular weight is 157 g/mol. The summed E-state index contributed by atoms with van der Waals surface area (Å²) >= 11 is 1.65. The SMILES string of the molecule is CC.Cc1cc(C)c(N)s1. The van der Waals surface area contributed by atoms with Gasteiger partial charge in [0.1, 0.15) is 0 Å². The second-order valence-corrected chi connectivity index (χ2v) is 3.19. The van der Waals surface area contributed by atoms with Crippen molar-refractivity contribution < 1.29 is 0 Å². The van der Waals surface area contributed by atoms with Crippen LogP contribution in [0.3, 0.4) is 0 Å². The maximum Gasteiger partial charge on any atom is 0.0888 e. The minimum atomic E-state index is 0.947. The van der Waals surface area contributed by atoms with E-state index in [1.807, 2.05) is 20.8 Å². The first kappa shape index (κ1) is 9.50. The van der Waals surface area contributed by atoms with Gasteiger partial charge in [0.2, 0.25) is 0 Å². The Hall–Kier alpha value is -0.500. The van der Waals surface area contributed by atoms with Gasteiger partial charge in [-0.25, -0.2) is 0 Å². The molecule has 0 bridgehead atoms. The van der Waals surface area contributed by atoms with Crippen LogP contribution < -0.4 is 5.73 Å². The predicted octanol–water partition coefficient (Wildman–Crippen LogP) is 2.97. The van der Waals surface area contributed by atoms with E-state index in [0.29, 0.717) is 0 Å². The van der Waals surface area contributed by atoms with E-state index in [4.69, 9.17) is 5.73 Å². The van der Waals surface area contributed by atoms with E-state index in [1.165, 1.54) is 10.4 Å². The van der Waals surface area contributed by atoms with E-state index in [-0.39, 0.29) is 0 Å². The van der Waals surface area contributed by atoms with Crippen LogP contribution in [0, 0.1) is 13.8 Å². The molecule has 1 nitrogen and oxygen atoms in total. The van der Waals surface area contributed by atoms with Crippen LogP contribution in [0.4, 0.5) is 5.00 Å². The summed E-state index contributed by atoms with van der Waals surface area (Å²) in [7, 11) is 0.